The van der Waals surface area contributed by atoms with Crippen LogP contribution in [-0.2, 0) is 17.8 Å². The van der Waals surface area contributed by atoms with Gasteiger partial charge in [0.15, 0.2) is 16.7 Å². The van der Waals surface area contributed by atoms with Crippen LogP contribution in [0.15, 0.2) is 76.5 Å². The fourth-order valence-electron chi connectivity index (χ4n) is 3.41. The van der Waals surface area contributed by atoms with Gasteiger partial charge < -0.3 is 14.5 Å². The van der Waals surface area contributed by atoms with E-state index in [0.29, 0.717) is 23.3 Å². The summed E-state index contributed by atoms with van der Waals surface area (Å²) in [5.41, 5.74) is 2.92. The molecule has 0 radical (unpaired) electrons. The number of carbonyl (C=O) groups excluding carboxylic acids is 1. The van der Waals surface area contributed by atoms with Gasteiger partial charge in [-0.1, -0.05) is 42.1 Å². The largest absolute Gasteiger partial charge is 0.496 e. The minimum Gasteiger partial charge on any atom is -0.496 e. The highest BCUT2D eigenvalue weighted by molar-refractivity contribution is 7.99. The van der Waals surface area contributed by atoms with E-state index in [2.05, 4.69) is 27.6 Å². The second-order valence-corrected chi connectivity index (χ2v) is 8.00. The van der Waals surface area contributed by atoms with Gasteiger partial charge in [-0.05, 0) is 42.8 Å². The molecule has 8 heteroatoms. The van der Waals surface area contributed by atoms with Crippen molar-refractivity contribution in [3.05, 3.63) is 78.1 Å². The Kier molecular flexibility index (Phi) is 6.91. The van der Waals surface area contributed by atoms with Gasteiger partial charge in [-0.25, -0.2) is 0 Å². The summed E-state index contributed by atoms with van der Waals surface area (Å²) in [4.78, 5) is 12.6. The molecule has 0 atom stereocenters. The molecule has 0 bridgehead atoms. The fourth-order valence-corrected chi connectivity index (χ4v) is 4.21. The van der Waals surface area contributed by atoms with Gasteiger partial charge in [-0.2, -0.15) is 0 Å². The number of thioether (sulfide) groups is 1. The summed E-state index contributed by atoms with van der Waals surface area (Å²) in [5, 5.41) is 12.1. The molecule has 0 aliphatic heterocycles. The SMILES string of the molecule is CCn1c(SCC(=O)Nc2ccc(OC)c(Cc3ccccc3)c2)nnc1-c1ccco1. The highest BCUT2D eigenvalue weighted by Crippen LogP contribution is 2.27. The molecule has 2 heterocycles. The molecule has 0 unspecified atom stereocenters. The van der Waals surface area contributed by atoms with E-state index in [9.17, 15) is 4.79 Å². The molecule has 32 heavy (non-hydrogen) atoms. The number of aromatic nitrogens is 3. The van der Waals surface area contributed by atoms with Crippen molar-refractivity contribution in [2.45, 2.75) is 25.0 Å². The molecule has 2 aromatic heterocycles. The first-order valence-corrected chi connectivity index (χ1v) is 11.3. The summed E-state index contributed by atoms with van der Waals surface area (Å²) < 4.78 is 12.9. The van der Waals surface area contributed by atoms with Crippen molar-refractivity contribution < 1.29 is 13.9 Å². The lowest BCUT2D eigenvalue weighted by atomic mass is 10.0. The number of hydrogen-bond donors (Lipinski definition) is 1. The van der Waals surface area contributed by atoms with Crippen LogP contribution in [0.1, 0.15) is 18.1 Å². The van der Waals surface area contributed by atoms with Gasteiger partial charge in [-0.15, -0.1) is 10.2 Å². The number of methoxy groups -OCH3 is 1. The first kappa shape index (κ1) is 21.7. The van der Waals surface area contributed by atoms with Crippen molar-refractivity contribution in [2.24, 2.45) is 0 Å². The molecule has 1 amide bonds. The predicted molar refractivity (Wildman–Crippen MR) is 125 cm³/mol. The van der Waals surface area contributed by atoms with Crippen LogP contribution in [0.3, 0.4) is 0 Å². The van der Waals surface area contributed by atoms with Crippen molar-refractivity contribution in [3.63, 3.8) is 0 Å². The van der Waals surface area contributed by atoms with E-state index >= 15 is 0 Å². The molecule has 0 spiro atoms. The van der Waals surface area contributed by atoms with Gasteiger partial charge in [0.05, 0.1) is 19.1 Å². The van der Waals surface area contributed by atoms with Crippen molar-refractivity contribution in [1.29, 1.82) is 0 Å². The molecule has 4 aromatic rings. The highest BCUT2D eigenvalue weighted by atomic mass is 32.2. The summed E-state index contributed by atoms with van der Waals surface area (Å²) in [6.45, 7) is 2.68. The first-order valence-electron chi connectivity index (χ1n) is 10.3. The third-order valence-electron chi connectivity index (χ3n) is 4.91. The zero-order valence-corrected chi connectivity index (χ0v) is 18.8. The Morgan fingerprint density at radius 1 is 1.12 bits per heavy atom. The Labute approximate surface area is 190 Å². The summed E-state index contributed by atoms with van der Waals surface area (Å²) in [6, 6.07) is 19.5. The van der Waals surface area contributed by atoms with Crippen LogP contribution in [0, 0.1) is 0 Å². The number of ether oxygens (including phenoxy) is 1. The second kappa shape index (κ2) is 10.2. The van der Waals surface area contributed by atoms with E-state index in [1.165, 1.54) is 17.3 Å². The molecule has 0 fully saturated rings. The van der Waals surface area contributed by atoms with Crippen molar-refractivity contribution in [3.8, 4) is 17.3 Å². The van der Waals surface area contributed by atoms with Gasteiger partial charge in [0.1, 0.15) is 5.75 Å². The van der Waals surface area contributed by atoms with Crippen LogP contribution in [0.4, 0.5) is 5.69 Å². The van der Waals surface area contributed by atoms with Gasteiger partial charge >= 0.3 is 0 Å². The lowest BCUT2D eigenvalue weighted by Gasteiger charge is -2.12. The number of rotatable bonds is 9. The topological polar surface area (TPSA) is 82.2 Å². The van der Waals surface area contributed by atoms with Crippen LogP contribution in [0.2, 0.25) is 0 Å². The number of amides is 1. The van der Waals surface area contributed by atoms with E-state index in [0.717, 1.165) is 23.4 Å². The van der Waals surface area contributed by atoms with E-state index in [4.69, 9.17) is 9.15 Å². The van der Waals surface area contributed by atoms with Crippen molar-refractivity contribution in [1.82, 2.24) is 14.8 Å². The van der Waals surface area contributed by atoms with Crippen LogP contribution in [0.25, 0.3) is 11.6 Å². The molecule has 1 N–H and O–H groups in total. The lowest BCUT2D eigenvalue weighted by Crippen LogP contribution is -2.15. The highest BCUT2D eigenvalue weighted by Gasteiger charge is 2.16. The van der Waals surface area contributed by atoms with Gasteiger partial charge in [0, 0.05) is 24.2 Å². The minimum absolute atomic E-state index is 0.115. The summed E-state index contributed by atoms with van der Waals surface area (Å²) >= 11 is 1.34. The van der Waals surface area contributed by atoms with Crippen LogP contribution < -0.4 is 10.1 Å². The maximum atomic E-state index is 12.6. The summed E-state index contributed by atoms with van der Waals surface area (Å²) in [6.07, 6.45) is 2.32. The monoisotopic (exact) mass is 448 g/mol. The van der Waals surface area contributed by atoms with Crippen LogP contribution in [0.5, 0.6) is 5.75 Å². The van der Waals surface area contributed by atoms with E-state index < -0.39 is 0 Å². The second-order valence-electron chi connectivity index (χ2n) is 7.05. The average Bonchev–Trinajstić information content (AvgIpc) is 3.48. The van der Waals surface area contributed by atoms with Gasteiger partial charge in [0.2, 0.25) is 5.91 Å². The third kappa shape index (κ3) is 5.03. The zero-order chi connectivity index (χ0) is 22.3. The number of carbonyl (C=O) groups is 1. The maximum absolute atomic E-state index is 12.6. The van der Waals surface area contributed by atoms with E-state index in [1.807, 2.05) is 60.0 Å². The maximum Gasteiger partial charge on any atom is 0.234 e. The van der Waals surface area contributed by atoms with E-state index in [1.54, 1.807) is 13.4 Å². The normalized spacial score (nSPS) is 10.8. The molecule has 164 valence electrons. The number of hydrogen-bond acceptors (Lipinski definition) is 6. The van der Waals surface area contributed by atoms with Gasteiger partial charge in [-0.3, -0.25) is 9.36 Å². The third-order valence-corrected chi connectivity index (χ3v) is 5.88. The molecule has 0 aliphatic rings. The van der Waals surface area contributed by atoms with Crippen molar-refractivity contribution >= 4 is 23.4 Å². The Bertz CT molecular complexity index is 1170. The molecular weight excluding hydrogens is 424 g/mol. The molecule has 0 saturated heterocycles. The first-order chi connectivity index (χ1) is 15.7. The number of nitrogens with one attached hydrogen (secondary N) is 1. The molecule has 0 saturated carbocycles. The van der Waals surface area contributed by atoms with Crippen LogP contribution in [-0.4, -0.2) is 33.5 Å². The Balaban J connectivity index is 1.42. The Morgan fingerprint density at radius 2 is 1.97 bits per heavy atom. The lowest BCUT2D eigenvalue weighted by molar-refractivity contribution is -0.113. The number of anilines is 1. The zero-order valence-electron chi connectivity index (χ0n) is 17.9. The number of benzene rings is 2. The molecule has 4 rings (SSSR count). The smallest absolute Gasteiger partial charge is 0.234 e. The Morgan fingerprint density at radius 3 is 2.69 bits per heavy atom. The van der Waals surface area contributed by atoms with Crippen molar-refractivity contribution in [2.75, 3.05) is 18.2 Å². The Hall–Kier alpha value is -3.52. The van der Waals surface area contributed by atoms with Gasteiger partial charge in [0.25, 0.3) is 0 Å². The summed E-state index contributed by atoms with van der Waals surface area (Å²) in [5.74, 6) is 2.20. The average molecular weight is 449 g/mol. The molecule has 2 aromatic carbocycles. The molecule has 0 aliphatic carbocycles. The number of furan rings is 1. The minimum atomic E-state index is -0.115. The molecular formula is C24H24N4O3S. The number of nitrogens with zero attached hydrogens (tertiary/aromatic N) is 3. The van der Waals surface area contributed by atoms with Crippen LogP contribution >= 0.6 is 11.8 Å². The standard InChI is InChI=1S/C24H24N4O3S/c1-3-28-23(21-10-7-13-31-21)26-27-24(28)32-16-22(29)25-19-11-12-20(30-2)18(15-19)14-17-8-5-4-6-9-17/h4-13,15H,3,14,16H2,1-2H3,(H,25,29). The predicted octanol–water partition coefficient (Wildman–Crippen LogP) is 4.89. The van der Waals surface area contributed by atoms with E-state index in [-0.39, 0.29) is 11.7 Å². The molecule has 7 nitrogen and oxygen atoms in total. The quantitative estimate of drug-likeness (QED) is 0.367. The summed E-state index contributed by atoms with van der Waals surface area (Å²) in [7, 11) is 1.65. The fraction of sp³-hybridized carbons (Fsp3) is 0.208.